The minimum absolute atomic E-state index is 0.0128. The van der Waals surface area contributed by atoms with E-state index in [4.69, 9.17) is 17.0 Å². The molecule has 6 nitrogen and oxygen atoms in total. The van der Waals surface area contributed by atoms with Crippen LogP contribution in [-0.2, 0) is 10.5 Å². The highest BCUT2D eigenvalue weighted by atomic mass is 32.2. The van der Waals surface area contributed by atoms with Crippen LogP contribution in [0.3, 0.4) is 0 Å². The fourth-order valence-corrected chi connectivity index (χ4v) is 6.03. The van der Waals surface area contributed by atoms with Crippen LogP contribution in [0.15, 0.2) is 54.6 Å². The number of piperidine rings is 3. The standard InChI is InChI=1S/C23H28N4O2S2/c1-29-19-9-7-16(8-10-19)15-31-22-20(17-11-13-27(22)14-12-17)21(28)25-26-23(30)24-18-5-3-2-4-6-18/h2-10,17,20,22H,11-15H2,1H3,(H,25,28)(H2,24,26,30)/t20-,22-/m0/s1. The Bertz CT molecular complexity index is 886. The SMILES string of the molecule is COc1ccc(CS[C@H]2[C@H](C(=O)NNC(=S)Nc3ccccc3)C3CCN2CC3)cc1. The van der Waals surface area contributed by atoms with Gasteiger partial charge in [0.1, 0.15) is 5.75 Å². The molecule has 0 saturated carbocycles. The van der Waals surface area contributed by atoms with Crippen molar-refractivity contribution in [2.75, 3.05) is 25.5 Å². The van der Waals surface area contributed by atoms with Crippen molar-refractivity contribution in [3.63, 3.8) is 0 Å². The van der Waals surface area contributed by atoms with E-state index in [9.17, 15) is 4.79 Å². The second-order valence-electron chi connectivity index (χ2n) is 7.88. The number of benzene rings is 2. The molecule has 2 aromatic rings. The molecular formula is C23H28N4O2S2. The molecule has 2 bridgehead atoms. The van der Waals surface area contributed by atoms with Crippen LogP contribution in [0.2, 0.25) is 0 Å². The molecule has 5 rings (SSSR count). The first-order valence-electron chi connectivity index (χ1n) is 10.5. The number of nitrogens with one attached hydrogen (secondary N) is 3. The van der Waals surface area contributed by atoms with Crippen molar-refractivity contribution < 1.29 is 9.53 Å². The van der Waals surface area contributed by atoms with Crippen LogP contribution in [0, 0.1) is 11.8 Å². The summed E-state index contributed by atoms with van der Waals surface area (Å²) in [6.45, 7) is 2.13. The van der Waals surface area contributed by atoms with Crippen LogP contribution >= 0.6 is 24.0 Å². The Kier molecular flexibility index (Phi) is 7.32. The van der Waals surface area contributed by atoms with E-state index in [1.165, 1.54) is 5.56 Å². The lowest BCUT2D eigenvalue weighted by Gasteiger charge is -2.49. The molecule has 0 radical (unpaired) electrons. The van der Waals surface area contributed by atoms with Gasteiger partial charge >= 0.3 is 0 Å². The number of amides is 1. The maximum absolute atomic E-state index is 13.1. The molecule has 3 aliphatic heterocycles. The lowest BCUT2D eigenvalue weighted by Crippen LogP contribution is -2.59. The molecule has 31 heavy (non-hydrogen) atoms. The summed E-state index contributed by atoms with van der Waals surface area (Å²) >= 11 is 7.17. The van der Waals surface area contributed by atoms with Crippen molar-refractivity contribution in [1.29, 1.82) is 0 Å². The number of nitrogens with zero attached hydrogens (tertiary/aromatic N) is 1. The molecule has 3 fully saturated rings. The van der Waals surface area contributed by atoms with Gasteiger partial charge in [0.2, 0.25) is 5.91 Å². The van der Waals surface area contributed by atoms with E-state index in [1.807, 2.05) is 54.2 Å². The molecule has 8 heteroatoms. The number of carbonyl (C=O) groups excluding carboxylic acids is 1. The Morgan fingerprint density at radius 3 is 2.48 bits per heavy atom. The molecule has 0 aromatic heterocycles. The summed E-state index contributed by atoms with van der Waals surface area (Å²) in [5.41, 5.74) is 7.84. The molecule has 3 aliphatic rings. The summed E-state index contributed by atoms with van der Waals surface area (Å²) in [7, 11) is 1.67. The highest BCUT2D eigenvalue weighted by Gasteiger charge is 2.46. The van der Waals surface area contributed by atoms with E-state index >= 15 is 0 Å². The van der Waals surface area contributed by atoms with Crippen molar-refractivity contribution >= 4 is 40.7 Å². The molecule has 2 aromatic carbocycles. The molecule has 3 heterocycles. The van der Waals surface area contributed by atoms with Gasteiger partial charge in [-0.25, -0.2) is 0 Å². The summed E-state index contributed by atoms with van der Waals surface area (Å²) in [5.74, 6) is 2.09. The number of para-hydroxylation sites is 1. The predicted octanol–water partition coefficient (Wildman–Crippen LogP) is 3.61. The molecule has 0 aliphatic carbocycles. The minimum Gasteiger partial charge on any atom is -0.497 e. The molecule has 3 N–H and O–H groups in total. The fourth-order valence-electron chi connectivity index (χ4n) is 4.33. The van der Waals surface area contributed by atoms with Crippen molar-refractivity contribution in [1.82, 2.24) is 15.8 Å². The highest BCUT2D eigenvalue weighted by Crippen LogP contribution is 2.42. The second kappa shape index (κ2) is 10.3. The first-order valence-corrected chi connectivity index (χ1v) is 12.0. The van der Waals surface area contributed by atoms with E-state index in [0.717, 1.165) is 43.1 Å². The third-order valence-corrected chi connectivity index (χ3v) is 7.60. The van der Waals surface area contributed by atoms with Crippen molar-refractivity contribution in [3.8, 4) is 5.75 Å². The van der Waals surface area contributed by atoms with Crippen LogP contribution in [0.5, 0.6) is 5.75 Å². The lowest BCUT2D eigenvalue weighted by molar-refractivity contribution is -0.132. The van der Waals surface area contributed by atoms with Crippen LogP contribution in [0.1, 0.15) is 18.4 Å². The fraction of sp³-hybridized carbons (Fsp3) is 0.391. The Balaban J connectivity index is 1.35. The first-order chi connectivity index (χ1) is 15.1. The Labute approximate surface area is 193 Å². The topological polar surface area (TPSA) is 65.6 Å². The second-order valence-corrected chi connectivity index (χ2v) is 9.40. The number of rotatable bonds is 6. The minimum atomic E-state index is -0.0576. The molecule has 1 amide bonds. The Hall–Kier alpha value is -2.29. The molecular weight excluding hydrogens is 428 g/mol. The lowest BCUT2D eigenvalue weighted by atomic mass is 9.78. The van der Waals surface area contributed by atoms with E-state index < -0.39 is 0 Å². The monoisotopic (exact) mass is 456 g/mol. The summed E-state index contributed by atoms with van der Waals surface area (Å²) < 4.78 is 5.25. The van der Waals surface area contributed by atoms with Gasteiger partial charge in [-0.1, -0.05) is 30.3 Å². The zero-order valence-electron chi connectivity index (χ0n) is 17.5. The highest BCUT2D eigenvalue weighted by molar-refractivity contribution is 7.99. The smallest absolute Gasteiger partial charge is 0.244 e. The zero-order valence-corrected chi connectivity index (χ0v) is 19.2. The number of hydrazine groups is 1. The van der Waals surface area contributed by atoms with Crippen LogP contribution < -0.4 is 20.9 Å². The maximum atomic E-state index is 13.1. The average molecular weight is 457 g/mol. The number of ether oxygens (including phenoxy) is 1. The van der Waals surface area contributed by atoms with Crippen LogP contribution in [-0.4, -0.2) is 41.5 Å². The summed E-state index contributed by atoms with van der Waals surface area (Å²) in [6.07, 6.45) is 2.15. The van der Waals surface area contributed by atoms with Crippen molar-refractivity contribution in [3.05, 3.63) is 60.2 Å². The van der Waals surface area contributed by atoms with Gasteiger partial charge in [-0.3, -0.25) is 20.5 Å². The summed E-state index contributed by atoms with van der Waals surface area (Å²) in [5, 5.41) is 3.63. The third kappa shape index (κ3) is 5.50. The number of anilines is 1. The number of hydrogen-bond acceptors (Lipinski definition) is 5. The van der Waals surface area contributed by atoms with E-state index in [1.54, 1.807) is 7.11 Å². The Morgan fingerprint density at radius 1 is 1.10 bits per heavy atom. The van der Waals surface area contributed by atoms with Gasteiger partial charge in [0.05, 0.1) is 18.4 Å². The number of thiocarbonyl (C=S) groups is 1. The average Bonchev–Trinajstić information content (AvgIpc) is 2.82. The number of hydrogen-bond donors (Lipinski definition) is 3. The number of thioether (sulfide) groups is 1. The molecule has 3 saturated heterocycles. The van der Waals surface area contributed by atoms with Gasteiger partial charge in [0.25, 0.3) is 0 Å². The molecule has 164 valence electrons. The van der Waals surface area contributed by atoms with Gasteiger partial charge < -0.3 is 10.1 Å². The summed E-state index contributed by atoms with van der Waals surface area (Å²) in [4.78, 5) is 15.6. The Morgan fingerprint density at radius 2 is 1.81 bits per heavy atom. The normalized spacial score (nSPS) is 24.3. The van der Waals surface area contributed by atoms with E-state index in [2.05, 4.69) is 33.2 Å². The van der Waals surface area contributed by atoms with Gasteiger partial charge in [0.15, 0.2) is 5.11 Å². The van der Waals surface area contributed by atoms with E-state index in [-0.39, 0.29) is 17.2 Å². The largest absolute Gasteiger partial charge is 0.497 e. The number of fused-ring (bicyclic) bond motifs is 3. The molecule has 2 atom stereocenters. The molecule has 0 unspecified atom stereocenters. The summed E-state index contributed by atoms with van der Waals surface area (Å²) in [6, 6.07) is 17.8. The predicted molar refractivity (Wildman–Crippen MR) is 130 cm³/mol. The maximum Gasteiger partial charge on any atom is 0.244 e. The quantitative estimate of drug-likeness (QED) is 0.453. The first kappa shape index (κ1) is 21.9. The van der Waals surface area contributed by atoms with Crippen LogP contribution in [0.4, 0.5) is 5.69 Å². The van der Waals surface area contributed by atoms with Gasteiger partial charge in [-0.2, -0.15) is 0 Å². The van der Waals surface area contributed by atoms with Crippen molar-refractivity contribution in [2.45, 2.75) is 24.0 Å². The van der Waals surface area contributed by atoms with Gasteiger partial charge in [0, 0.05) is 11.4 Å². The van der Waals surface area contributed by atoms with Gasteiger partial charge in [-0.05, 0) is 73.9 Å². The van der Waals surface area contributed by atoms with Crippen molar-refractivity contribution in [2.24, 2.45) is 11.8 Å². The van der Waals surface area contributed by atoms with Crippen LogP contribution in [0.25, 0.3) is 0 Å². The number of carbonyl (C=O) groups is 1. The van der Waals surface area contributed by atoms with E-state index in [0.29, 0.717) is 11.0 Å². The van der Waals surface area contributed by atoms with Gasteiger partial charge in [-0.15, -0.1) is 11.8 Å². The molecule has 0 spiro atoms. The zero-order chi connectivity index (χ0) is 21.6. The number of methoxy groups -OCH3 is 1. The third-order valence-electron chi connectivity index (χ3n) is 5.96.